The highest BCUT2D eigenvalue weighted by molar-refractivity contribution is 7.60. The Hall–Kier alpha value is 0.210. The molecule has 0 aromatic carbocycles. The standard InChI is InChI=1S/C6H14O5P2/c1-3-5-6-13(9,10-4-2)11-12(7)8/h3-6H2,1-2H3/p+1. The smallest absolute Gasteiger partial charge is 0.306 e. The van der Waals surface area contributed by atoms with Crippen molar-refractivity contribution in [3.63, 3.8) is 0 Å². The molecule has 0 aromatic rings. The van der Waals surface area contributed by atoms with Crippen molar-refractivity contribution in [2.24, 2.45) is 0 Å². The molecule has 5 nitrogen and oxygen atoms in total. The van der Waals surface area contributed by atoms with Crippen molar-refractivity contribution in [3.05, 3.63) is 0 Å². The second-order valence-corrected chi connectivity index (χ2v) is 5.48. The number of unbranched alkanes of at least 4 members (excludes halogenated alkanes) is 1. The van der Waals surface area contributed by atoms with E-state index >= 15 is 0 Å². The summed E-state index contributed by atoms with van der Waals surface area (Å²) in [5.74, 6) is 0. The van der Waals surface area contributed by atoms with Gasteiger partial charge in [0.1, 0.15) is 0 Å². The van der Waals surface area contributed by atoms with Gasteiger partial charge in [0.25, 0.3) is 0 Å². The van der Waals surface area contributed by atoms with E-state index in [1.807, 2.05) is 6.92 Å². The molecule has 1 N–H and O–H groups in total. The molecular weight excluding hydrogens is 214 g/mol. The summed E-state index contributed by atoms with van der Waals surface area (Å²) in [6.45, 7) is 3.80. The van der Waals surface area contributed by atoms with Gasteiger partial charge in [-0.05, 0) is 17.7 Å². The molecule has 0 spiro atoms. The summed E-state index contributed by atoms with van der Waals surface area (Å²) in [5.41, 5.74) is 0. The first-order valence-electron chi connectivity index (χ1n) is 4.13. The maximum absolute atomic E-state index is 11.6. The molecule has 0 amide bonds. The van der Waals surface area contributed by atoms with Crippen LogP contribution in [0.5, 0.6) is 0 Å². The lowest BCUT2D eigenvalue weighted by molar-refractivity contribution is 0.271. The maximum atomic E-state index is 11.6. The van der Waals surface area contributed by atoms with Crippen molar-refractivity contribution in [3.8, 4) is 0 Å². The van der Waals surface area contributed by atoms with Gasteiger partial charge in [-0.2, -0.15) is 0 Å². The molecule has 0 aliphatic rings. The predicted octanol–water partition coefficient (Wildman–Crippen LogP) is 2.68. The molecule has 0 aliphatic carbocycles. The Morgan fingerprint density at radius 1 is 1.46 bits per heavy atom. The van der Waals surface area contributed by atoms with Crippen LogP contribution in [0.15, 0.2) is 0 Å². The van der Waals surface area contributed by atoms with Crippen molar-refractivity contribution >= 4 is 15.9 Å². The molecule has 2 atom stereocenters. The quantitative estimate of drug-likeness (QED) is 0.679. The van der Waals surface area contributed by atoms with Crippen LogP contribution in [0.4, 0.5) is 0 Å². The van der Waals surface area contributed by atoms with Gasteiger partial charge in [0.2, 0.25) is 0 Å². The van der Waals surface area contributed by atoms with Crippen molar-refractivity contribution in [2.75, 3.05) is 12.8 Å². The van der Waals surface area contributed by atoms with Gasteiger partial charge < -0.3 is 4.52 Å². The van der Waals surface area contributed by atoms with E-state index < -0.39 is 15.9 Å². The Morgan fingerprint density at radius 3 is 2.46 bits per heavy atom. The molecular formula is C6H15O5P2+. The van der Waals surface area contributed by atoms with E-state index in [0.717, 1.165) is 6.42 Å². The van der Waals surface area contributed by atoms with Crippen molar-refractivity contribution in [1.29, 1.82) is 0 Å². The maximum Gasteiger partial charge on any atom is 0.703 e. The Labute approximate surface area is 78.9 Å². The number of hydrogen-bond donors (Lipinski definition) is 1. The largest absolute Gasteiger partial charge is 0.703 e. The van der Waals surface area contributed by atoms with Crippen LogP contribution < -0.4 is 0 Å². The monoisotopic (exact) mass is 229 g/mol. The first kappa shape index (κ1) is 13.2. The zero-order valence-electron chi connectivity index (χ0n) is 7.80. The van der Waals surface area contributed by atoms with Crippen LogP contribution >= 0.6 is 15.9 Å². The molecule has 0 fully saturated rings. The summed E-state index contributed by atoms with van der Waals surface area (Å²) >= 11 is 0. The van der Waals surface area contributed by atoms with Gasteiger partial charge >= 0.3 is 15.9 Å². The van der Waals surface area contributed by atoms with Crippen LogP contribution in [0.2, 0.25) is 0 Å². The lowest BCUT2D eigenvalue weighted by Crippen LogP contribution is -1.96. The van der Waals surface area contributed by atoms with Gasteiger partial charge in [0.15, 0.2) is 0 Å². The Morgan fingerprint density at radius 2 is 2.08 bits per heavy atom. The van der Waals surface area contributed by atoms with E-state index in [1.54, 1.807) is 6.92 Å². The van der Waals surface area contributed by atoms with E-state index in [2.05, 4.69) is 4.31 Å². The van der Waals surface area contributed by atoms with Crippen molar-refractivity contribution in [1.82, 2.24) is 0 Å². The van der Waals surface area contributed by atoms with Crippen molar-refractivity contribution in [2.45, 2.75) is 26.7 Å². The first-order chi connectivity index (χ1) is 6.04. The summed E-state index contributed by atoms with van der Waals surface area (Å²) in [6, 6.07) is 0. The van der Waals surface area contributed by atoms with Gasteiger partial charge in [-0.15, -0.1) is 4.89 Å². The molecule has 78 valence electrons. The molecule has 0 rings (SSSR count). The lowest BCUT2D eigenvalue weighted by atomic mass is 10.4. The van der Waals surface area contributed by atoms with E-state index in [-0.39, 0.29) is 12.8 Å². The van der Waals surface area contributed by atoms with E-state index in [0.29, 0.717) is 6.42 Å². The summed E-state index contributed by atoms with van der Waals surface area (Å²) in [4.78, 5) is 8.45. The minimum absolute atomic E-state index is 0.193. The second-order valence-electron chi connectivity index (χ2n) is 2.43. The molecule has 7 heteroatoms. The molecule has 0 bridgehead atoms. The molecule has 0 aromatic heterocycles. The molecule has 0 heterocycles. The third kappa shape index (κ3) is 6.30. The average Bonchev–Trinajstić information content (AvgIpc) is 2.00. The second kappa shape index (κ2) is 6.63. The van der Waals surface area contributed by atoms with Crippen LogP contribution in [-0.4, -0.2) is 17.7 Å². The fourth-order valence-electron chi connectivity index (χ4n) is 0.784. The Balaban J connectivity index is 4.16. The van der Waals surface area contributed by atoms with Gasteiger partial charge in [-0.1, -0.05) is 13.3 Å². The zero-order valence-corrected chi connectivity index (χ0v) is 9.59. The number of rotatable bonds is 7. The highest BCUT2D eigenvalue weighted by Gasteiger charge is 2.34. The van der Waals surface area contributed by atoms with E-state index in [9.17, 15) is 9.13 Å². The molecule has 0 radical (unpaired) electrons. The number of hydrogen-bond acceptors (Lipinski definition) is 4. The van der Waals surface area contributed by atoms with Gasteiger partial charge in [0.05, 0.1) is 12.8 Å². The van der Waals surface area contributed by atoms with Crippen LogP contribution in [0.25, 0.3) is 0 Å². The predicted molar refractivity (Wildman–Crippen MR) is 49.9 cm³/mol. The SMILES string of the molecule is CCCCP(=O)(OCC)O[P+](=O)O. The van der Waals surface area contributed by atoms with Crippen LogP contribution in [0.3, 0.4) is 0 Å². The highest BCUT2D eigenvalue weighted by atomic mass is 31.2. The fourth-order valence-corrected chi connectivity index (χ4v) is 3.38. The molecule has 0 saturated carbocycles. The van der Waals surface area contributed by atoms with E-state index in [4.69, 9.17) is 9.42 Å². The molecule has 13 heavy (non-hydrogen) atoms. The van der Waals surface area contributed by atoms with Gasteiger partial charge in [-0.25, -0.2) is 0 Å². The third-order valence-corrected chi connectivity index (χ3v) is 4.38. The molecule has 0 aliphatic heterocycles. The molecule has 2 unspecified atom stereocenters. The molecule has 0 saturated heterocycles. The summed E-state index contributed by atoms with van der Waals surface area (Å²) < 4.78 is 31.1. The minimum Gasteiger partial charge on any atom is -0.306 e. The van der Waals surface area contributed by atoms with Crippen LogP contribution in [0.1, 0.15) is 26.7 Å². The highest BCUT2D eigenvalue weighted by Crippen LogP contribution is 2.54. The third-order valence-electron chi connectivity index (χ3n) is 1.31. The Kier molecular flexibility index (Phi) is 6.74. The summed E-state index contributed by atoms with van der Waals surface area (Å²) in [5, 5.41) is 0. The Bertz CT molecular complexity index is 205. The van der Waals surface area contributed by atoms with E-state index in [1.165, 1.54) is 0 Å². The normalized spacial score (nSPS) is 16.7. The summed E-state index contributed by atoms with van der Waals surface area (Å²) in [6.07, 6.45) is 1.68. The van der Waals surface area contributed by atoms with Gasteiger partial charge in [-0.3, -0.25) is 4.57 Å². The van der Waals surface area contributed by atoms with Gasteiger partial charge in [0, 0.05) is 4.57 Å². The van der Waals surface area contributed by atoms with Crippen molar-refractivity contribution < 1.29 is 22.9 Å². The first-order valence-corrected chi connectivity index (χ1v) is 6.99. The topological polar surface area (TPSA) is 72.8 Å². The average molecular weight is 229 g/mol. The summed E-state index contributed by atoms with van der Waals surface area (Å²) in [7, 11) is -6.18. The zero-order chi connectivity index (χ0) is 10.3. The van der Waals surface area contributed by atoms with Crippen LogP contribution in [-0.2, 0) is 18.0 Å². The minimum atomic E-state index is -3.33. The fraction of sp³-hybridized carbons (Fsp3) is 1.00. The van der Waals surface area contributed by atoms with Crippen LogP contribution in [0, 0.1) is 0 Å². The lowest BCUT2D eigenvalue weighted by Gasteiger charge is -2.08.